The van der Waals surface area contributed by atoms with Crippen LogP contribution in [0.4, 0.5) is 13.2 Å². The lowest BCUT2D eigenvalue weighted by molar-refractivity contribution is -0.882. The van der Waals surface area contributed by atoms with Crippen LogP contribution in [-0.4, -0.2) is 35.0 Å². The van der Waals surface area contributed by atoms with E-state index in [0.29, 0.717) is 33.6 Å². The van der Waals surface area contributed by atoms with Gasteiger partial charge in [-0.1, -0.05) is 5.16 Å². The molecule has 4 rings (SSSR count). The summed E-state index contributed by atoms with van der Waals surface area (Å²) in [5.41, 5.74) is 7.69. The van der Waals surface area contributed by atoms with Crippen LogP contribution < -0.4 is 15.4 Å². The van der Waals surface area contributed by atoms with Gasteiger partial charge in [-0.25, -0.2) is 27.2 Å². The second-order valence-corrected chi connectivity index (χ2v) is 9.22. The van der Waals surface area contributed by atoms with E-state index in [2.05, 4.69) is 14.7 Å². The van der Waals surface area contributed by atoms with Gasteiger partial charge < -0.3 is 14.2 Å². The predicted octanol–water partition coefficient (Wildman–Crippen LogP) is 2.67. The fraction of sp³-hybridized carbons (Fsp3) is 0.182. The van der Waals surface area contributed by atoms with Gasteiger partial charge in [0, 0.05) is 44.0 Å². The average molecular weight is 525 g/mol. The molecule has 0 saturated carbocycles. The molecule has 3 atom stereocenters. The number of aromatic nitrogens is 2. The van der Waals surface area contributed by atoms with Crippen LogP contribution in [0.25, 0.3) is 5.57 Å². The highest BCUT2D eigenvalue weighted by atomic mass is 31.2. The van der Waals surface area contributed by atoms with Crippen molar-refractivity contribution in [2.45, 2.75) is 12.6 Å². The molecule has 0 fully saturated rings. The lowest BCUT2D eigenvalue weighted by Crippen LogP contribution is -3.14. The minimum Gasteiger partial charge on any atom is -0.436 e. The molecule has 14 heteroatoms. The molecule has 1 aliphatic rings. The van der Waals surface area contributed by atoms with Gasteiger partial charge >= 0.3 is 7.82 Å². The minimum atomic E-state index is -4.17. The zero-order valence-corrected chi connectivity index (χ0v) is 19.6. The largest absolute Gasteiger partial charge is 0.476 e. The normalized spacial score (nSPS) is 19.1. The summed E-state index contributed by atoms with van der Waals surface area (Å²) in [4.78, 5) is 13.8. The Morgan fingerprint density at radius 2 is 1.94 bits per heavy atom. The van der Waals surface area contributed by atoms with Crippen molar-refractivity contribution >= 4 is 13.4 Å². The Labute approximate surface area is 203 Å². The lowest BCUT2D eigenvalue weighted by atomic mass is 10.1. The monoisotopic (exact) mass is 525 g/mol. The van der Waals surface area contributed by atoms with Crippen LogP contribution in [-0.2, 0) is 20.0 Å². The van der Waals surface area contributed by atoms with Crippen LogP contribution in [0.2, 0.25) is 0 Å². The smallest absolute Gasteiger partial charge is 0.436 e. The number of ether oxygens (including phenoxy) is 1. The highest BCUT2D eigenvalue weighted by molar-refractivity contribution is 7.47. The molecule has 0 amide bonds. The highest BCUT2D eigenvalue weighted by Gasteiger charge is 2.30. The fourth-order valence-corrected chi connectivity index (χ4v) is 3.76. The van der Waals surface area contributed by atoms with Crippen molar-refractivity contribution in [3.63, 3.8) is 0 Å². The summed E-state index contributed by atoms with van der Waals surface area (Å²) in [6, 6.07) is 5.26. The average Bonchev–Trinajstić information content (AvgIpc) is 3.28. The Balaban J connectivity index is 1.42. The zero-order valence-electron chi connectivity index (χ0n) is 18.7. The second kappa shape index (κ2) is 10.7. The van der Waals surface area contributed by atoms with Gasteiger partial charge in [0.2, 0.25) is 0 Å². The summed E-state index contributed by atoms with van der Waals surface area (Å²) < 4.78 is 72.5. The van der Waals surface area contributed by atoms with Crippen LogP contribution in [0.5, 0.6) is 11.6 Å². The second-order valence-electron chi connectivity index (χ2n) is 7.66. The molecule has 0 aliphatic carbocycles. The van der Waals surface area contributed by atoms with E-state index in [4.69, 9.17) is 19.5 Å². The SMILES string of the molecule is COP(=O)(O)OC[NH+]1C=CC=C(c2cc(Cc3cnc(Oc4cc(F)cc(F)c4)c(F)c3)no2)C1N. The molecule has 1 aromatic carbocycles. The molecule has 0 spiro atoms. The Morgan fingerprint density at radius 3 is 2.64 bits per heavy atom. The Bertz CT molecular complexity index is 1350. The summed E-state index contributed by atoms with van der Waals surface area (Å²) in [7, 11) is -3.12. The van der Waals surface area contributed by atoms with E-state index < -0.39 is 37.3 Å². The molecule has 3 heterocycles. The van der Waals surface area contributed by atoms with E-state index >= 15 is 0 Å². The number of hydrogen-bond donors (Lipinski definition) is 3. The van der Waals surface area contributed by atoms with Crippen molar-refractivity contribution in [2.75, 3.05) is 13.8 Å². The number of allylic oxidation sites excluding steroid dienone is 2. The molecular formula is C22H21F3N4O6P+. The van der Waals surface area contributed by atoms with E-state index in [1.54, 1.807) is 24.4 Å². The van der Waals surface area contributed by atoms with Crippen LogP contribution in [0.3, 0.4) is 0 Å². The van der Waals surface area contributed by atoms with Crippen LogP contribution in [0, 0.1) is 17.5 Å². The molecule has 3 unspecified atom stereocenters. The van der Waals surface area contributed by atoms with Crippen LogP contribution in [0.15, 0.2) is 59.4 Å². The van der Waals surface area contributed by atoms with Crippen LogP contribution in [0.1, 0.15) is 17.0 Å². The molecule has 1 aliphatic heterocycles. The third-order valence-corrected chi connectivity index (χ3v) is 6.01. The first kappa shape index (κ1) is 25.8. The van der Waals surface area contributed by atoms with Crippen molar-refractivity contribution in [1.82, 2.24) is 10.1 Å². The number of nitrogens with zero attached hydrogens (tertiary/aromatic N) is 2. The lowest BCUT2D eigenvalue weighted by Gasteiger charge is -2.25. The molecule has 2 aromatic heterocycles. The van der Waals surface area contributed by atoms with Gasteiger partial charge in [0.25, 0.3) is 5.88 Å². The van der Waals surface area contributed by atoms with Crippen molar-refractivity contribution in [2.24, 2.45) is 5.73 Å². The standard InChI is InChI=1S/C22H20F3N4O6P/c1-32-36(30,31)33-12-29-4-2-3-18(21(29)26)20-10-16(28-35-20)5-13-6-19(25)22(27-11-13)34-17-8-14(23)7-15(24)9-17/h2-4,6-11,21H,5,12,26H2,1H3,(H,30,31)/p+1. The number of halogens is 3. The van der Waals surface area contributed by atoms with Gasteiger partial charge in [-0.15, -0.1) is 0 Å². The molecular weight excluding hydrogens is 504 g/mol. The maximum absolute atomic E-state index is 14.5. The Hall–Kier alpha value is -3.32. The van der Waals surface area contributed by atoms with E-state index in [1.807, 2.05) is 0 Å². The molecule has 0 radical (unpaired) electrons. The number of benzene rings is 1. The summed E-state index contributed by atoms with van der Waals surface area (Å²) in [5, 5.41) is 3.98. The quantitative estimate of drug-likeness (QED) is 0.361. The fourth-order valence-electron chi connectivity index (χ4n) is 3.34. The third-order valence-electron chi connectivity index (χ3n) is 5.09. The number of rotatable bonds is 9. The first-order valence-corrected chi connectivity index (χ1v) is 11.9. The van der Waals surface area contributed by atoms with Gasteiger partial charge in [0.1, 0.15) is 17.4 Å². The maximum atomic E-state index is 14.5. The molecule has 0 saturated heterocycles. The third kappa shape index (κ3) is 6.26. The predicted molar refractivity (Wildman–Crippen MR) is 119 cm³/mol. The molecule has 3 aromatic rings. The maximum Gasteiger partial charge on any atom is 0.476 e. The summed E-state index contributed by atoms with van der Waals surface area (Å²) >= 11 is 0. The summed E-state index contributed by atoms with van der Waals surface area (Å²) in [6.45, 7) is -0.237. The molecule has 190 valence electrons. The number of nitrogens with two attached hydrogens (primary N) is 1. The Morgan fingerprint density at radius 1 is 1.19 bits per heavy atom. The van der Waals surface area contributed by atoms with Crippen molar-refractivity contribution in [3.05, 3.63) is 89.3 Å². The van der Waals surface area contributed by atoms with Crippen molar-refractivity contribution in [1.29, 1.82) is 0 Å². The zero-order chi connectivity index (χ0) is 25.9. The number of pyridine rings is 1. The minimum absolute atomic E-state index is 0.155. The number of hydrogen-bond acceptors (Lipinski definition) is 8. The van der Waals surface area contributed by atoms with Gasteiger partial charge in [-0.3, -0.25) is 15.2 Å². The number of phosphoric ester groups is 1. The van der Waals surface area contributed by atoms with Crippen molar-refractivity contribution in [3.8, 4) is 11.6 Å². The summed E-state index contributed by atoms with van der Waals surface area (Å²) in [6.07, 6.45) is 5.82. The van der Waals surface area contributed by atoms with Crippen molar-refractivity contribution < 1.29 is 45.8 Å². The van der Waals surface area contributed by atoms with Gasteiger partial charge in [0.15, 0.2) is 24.5 Å². The number of nitrogens with one attached hydrogen (secondary N) is 1. The van der Waals surface area contributed by atoms with E-state index in [9.17, 15) is 22.6 Å². The van der Waals surface area contributed by atoms with Gasteiger partial charge in [-0.2, -0.15) is 0 Å². The molecule has 36 heavy (non-hydrogen) atoms. The van der Waals surface area contributed by atoms with E-state index in [0.717, 1.165) is 25.3 Å². The van der Waals surface area contributed by atoms with Gasteiger partial charge in [-0.05, 0) is 23.8 Å². The first-order chi connectivity index (χ1) is 17.1. The summed E-state index contributed by atoms with van der Waals surface area (Å²) in [5.74, 6) is -2.90. The van der Waals surface area contributed by atoms with Gasteiger partial charge in [0.05, 0.1) is 17.5 Å². The molecule has 4 N–H and O–H groups in total. The van der Waals surface area contributed by atoms with E-state index in [-0.39, 0.29) is 18.9 Å². The number of quaternary nitrogens is 1. The Kier molecular flexibility index (Phi) is 7.69. The molecule has 0 bridgehead atoms. The van der Waals surface area contributed by atoms with E-state index in [1.165, 1.54) is 6.20 Å². The van der Waals surface area contributed by atoms with Crippen LogP contribution >= 0.6 is 7.82 Å². The highest BCUT2D eigenvalue weighted by Crippen LogP contribution is 2.41. The number of phosphoric acid groups is 1. The molecule has 10 nitrogen and oxygen atoms in total. The topological polar surface area (TPSA) is 134 Å². The first-order valence-electron chi connectivity index (χ1n) is 10.4.